The van der Waals surface area contributed by atoms with Gasteiger partial charge in [-0.2, -0.15) is 0 Å². The maximum Gasteiger partial charge on any atom is 0.194 e. The van der Waals surface area contributed by atoms with Gasteiger partial charge in [0.15, 0.2) is 17.3 Å². The summed E-state index contributed by atoms with van der Waals surface area (Å²) in [6.45, 7) is 3.85. The van der Waals surface area contributed by atoms with Crippen LogP contribution in [-0.2, 0) is 0 Å². The molecule has 0 saturated heterocycles. The molecule has 0 aliphatic carbocycles. The van der Waals surface area contributed by atoms with Crippen LogP contribution in [0.1, 0.15) is 27.0 Å². The Labute approximate surface area is 133 Å². The Balaban J connectivity index is 2.55. The van der Waals surface area contributed by atoms with Gasteiger partial charge in [-0.1, -0.05) is 27.6 Å². The third-order valence-corrected chi connectivity index (χ3v) is 4.03. The van der Waals surface area contributed by atoms with E-state index in [2.05, 4.69) is 15.9 Å². The lowest BCUT2D eigenvalue weighted by Crippen LogP contribution is -2.06. The number of ketones is 1. The number of hydrogen-bond donors (Lipinski definition) is 0. The van der Waals surface area contributed by atoms with Crippen molar-refractivity contribution in [3.63, 3.8) is 0 Å². The molecule has 0 saturated carbocycles. The molecule has 0 amide bonds. The molecule has 0 unspecified atom stereocenters. The minimum atomic E-state index is -0.0379. The van der Waals surface area contributed by atoms with Crippen LogP contribution in [0, 0.1) is 13.8 Å². The molecule has 0 aliphatic heterocycles. The summed E-state index contributed by atoms with van der Waals surface area (Å²) in [5.41, 5.74) is 3.15. The van der Waals surface area contributed by atoms with Crippen molar-refractivity contribution in [3.05, 3.63) is 57.1 Å². The van der Waals surface area contributed by atoms with E-state index in [1.807, 2.05) is 38.1 Å². The highest BCUT2D eigenvalue weighted by Crippen LogP contribution is 2.32. The second kappa shape index (κ2) is 6.31. The van der Waals surface area contributed by atoms with Crippen LogP contribution < -0.4 is 9.47 Å². The second-order valence-corrected chi connectivity index (χ2v) is 5.69. The van der Waals surface area contributed by atoms with Gasteiger partial charge >= 0.3 is 0 Å². The fraction of sp³-hybridized carbons (Fsp3) is 0.235. The highest BCUT2D eigenvalue weighted by molar-refractivity contribution is 9.10. The van der Waals surface area contributed by atoms with Gasteiger partial charge in [0.1, 0.15) is 0 Å². The third kappa shape index (κ3) is 3.10. The molecule has 0 aliphatic rings. The lowest BCUT2D eigenvalue weighted by atomic mass is 9.97. The number of carbonyl (C=O) groups is 1. The minimum Gasteiger partial charge on any atom is -0.493 e. The zero-order chi connectivity index (χ0) is 15.6. The summed E-state index contributed by atoms with van der Waals surface area (Å²) >= 11 is 3.44. The first kappa shape index (κ1) is 15.6. The molecule has 0 bridgehead atoms. The second-order valence-electron chi connectivity index (χ2n) is 4.83. The molecular formula is C17H17BrO3. The van der Waals surface area contributed by atoms with Gasteiger partial charge in [-0.05, 0) is 43.7 Å². The first-order chi connectivity index (χ1) is 9.97. The molecule has 0 N–H and O–H groups in total. The van der Waals surface area contributed by atoms with Crippen LogP contribution in [0.5, 0.6) is 11.5 Å². The van der Waals surface area contributed by atoms with Gasteiger partial charge in [-0.3, -0.25) is 4.79 Å². The number of aryl methyl sites for hydroxylation is 2. The average molecular weight is 349 g/mol. The van der Waals surface area contributed by atoms with Gasteiger partial charge in [-0.25, -0.2) is 0 Å². The minimum absolute atomic E-state index is 0.0379. The van der Waals surface area contributed by atoms with Gasteiger partial charge < -0.3 is 9.47 Å². The van der Waals surface area contributed by atoms with Crippen molar-refractivity contribution >= 4 is 21.7 Å². The van der Waals surface area contributed by atoms with E-state index in [-0.39, 0.29) is 5.78 Å². The molecule has 2 aromatic rings. The molecule has 0 aromatic heterocycles. The number of halogens is 1. The Kier molecular flexibility index (Phi) is 4.68. The molecule has 4 heteroatoms. The summed E-state index contributed by atoms with van der Waals surface area (Å²) in [6, 6.07) is 9.27. The van der Waals surface area contributed by atoms with E-state index >= 15 is 0 Å². The number of methoxy groups -OCH3 is 2. The van der Waals surface area contributed by atoms with Gasteiger partial charge in [0, 0.05) is 15.6 Å². The summed E-state index contributed by atoms with van der Waals surface area (Å²) in [5, 5.41) is 0. The van der Waals surface area contributed by atoms with Crippen molar-refractivity contribution in [2.24, 2.45) is 0 Å². The third-order valence-electron chi connectivity index (χ3n) is 3.34. The number of benzene rings is 2. The maximum atomic E-state index is 12.8. The van der Waals surface area contributed by atoms with Crippen LogP contribution in [0.2, 0.25) is 0 Å². The smallest absolute Gasteiger partial charge is 0.194 e. The number of carbonyl (C=O) groups excluding carboxylic acids is 1. The highest BCUT2D eigenvalue weighted by atomic mass is 79.9. The SMILES string of the molecule is COc1cc(C)c(C(=O)c2cc(C)ccc2Br)cc1OC. The average Bonchev–Trinajstić information content (AvgIpc) is 2.48. The number of hydrogen-bond acceptors (Lipinski definition) is 3. The van der Waals surface area contributed by atoms with Crippen molar-refractivity contribution in [1.29, 1.82) is 0 Å². The van der Waals surface area contributed by atoms with Gasteiger partial charge in [0.2, 0.25) is 0 Å². The summed E-state index contributed by atoms with van der Waals surface area (Å²) in [7, 11) is 3.14. The Morgan fingerprint density at radius 2 is 1.57 bits per heavy atom. The predicted molar refractivity (Wildman–Crippen MR) is 86.6 cm³/mol. The molecule has 2 rings (SSSR count). The molecule has 0 heterocycles. The van der Waals surface area contributed by atoms with E-state index in [1.165, 1.54) is 0 Å². The van der Waals surface area contributed by atoms with Crippen molar-refractivity contribution in [2.45, 2.75) is 13.8 Å². The van der Waals surface area contributed by atoms with Crippen LogP contribution in [0.3, 0.4) is 0 Å². The quantitative estimate of drug-likeness (QED) is 0.772. The lowest BCUT2D eigenvalue weighted by Gasteiger charge is -2.13. The normalized spacial score (nSPS) is 10.3. The van der Waals surface area contributed by atoms with E-state index in [0.29, 0.717) is 22.6 Å². The topological polar surface area (TPSA) is 35.5 Å². The molecule has 2 aromatic carbocycles. The van der Waals surface area contributed by atoms with Gasteiger partial charge in [0.25, 0.3) is 0 Å². The molecule has 3 nitrogen and oxygen atoms in total. The Hall–Kier alpha value is -1.81. The Morgan fingerprint density at radius 3 is 2.19 bits per heavy atom. The van der Waals surface area contributed by atoms with Crippen LogP contribution in [0.25, 0.3) is 0 Å². The van der Waals surface area contributed by atoms with Crippen LogP contribution in [0.15, 0.2) is 34.8 Å². The van der Waals surface area contributed by atoms with Crippen LogP contribution >= 0.6 is 15.9 Å². The maximum absolute atomic E-state index is 12.8. The monoisotopic (exact) mass is 348 g/mol. The Morgan fingerprint density at radius 1 is 0.952 bits per heavy atom. The predicted octanol–water partition coefficient (Wildman–Crippen LogP) is 4.31. The number of ether oxygens (including phenoxy) is 2. The highest BCUT2D eigenvalue weighted by Gasteiger charge is 2.18. The van der Waals surface area contributed by atoms with E-state index in [4.69, 9.17) is 9.47 Å². The van der Waals surface area contributed by atoms with Crippen molar-refractivity contribution in [1.82, 2.24) is 0 Å². The summed E-state index contributed by atoms with van der Waals surface area (Å²) < 4.78 is 11.3. The molecule has 0 atom stereocenters. The Bertz CT molecular complexity index is 693. The fourth-order valence-electron chi connectivity index (χ4n) is 2.18. The van der Waals surface area contributed by atoms with Crippen molar-refractivity contribution in [3.8, 4) is 11.5 Å². The zero-order valence-corrected chi connectivity index (χ0v) is 14.1. The molecular weight excluding hydrogens is 332 g/mol. The van der Waals surface area contributed by atoms with Crippen LogP contribution in [0.4, 0.5) is 0 Å². The molecule has 0 fully saturated rings. The van der Waals surface area contributed by atoms with Gasteiger partial charge in [-0.15, -0.1) is 0 Å². The summed E-state index contributed by atoms with van der Waals surface area (Å²) in [6.07, 6.45) is 0. The lowest BCUT2D eigenvalue weighted by molar-refractivity contribution is 0.103. The fourth-order valence-corrected chi connectivity index (χ4v) is 2.61. The first-order valence-corrected chi connectivity index (χ1v) is 7.30. The molecule has 21 heavy (non-hydrogen) atoms. The first-order valence-electron chi connectivity index (χ1n) is 6.51. The molecule has 0 radical (unpaired) electrons. The standard InChI is InChI=1S/C17H17BrO3/c1-10-5-6-14(18)13(7-10)17(19)12-9-16(21-4)15(20-3)8-11(12)2/h5-9H,1-4H3. The van der Waals surface area contributed by atoms with E-state index < -0.39 is 0 Å². The van der Waals surface area contributed by atoms with E-state index in [9.17, 15) is 4.79 Å². The molecule has 110 valence electrons. The summed E-state index contributed by atoms with van der Waals surface area (Å²) in [4.78, 5) is 12.8. The zero-order valence-electron chi connectivity index (χ0n) is 12.5. The van der Waals surface area contributed by atoms with Crippen molar-refractivity contribution < 1.29 is 14.3 Å². The largest absolute Gasteiger partial charge is 0.493 e. The van der Waals surface area contributed by atoms with E-state index in [1.54, 1.807) is 20.3 Å². The van der Waals surface area contributed by atoms with Gasteiger partial charge in [0.05, 0.1) is 14.2 Å². The summed E-state index contributed by atoms with van der Waals surface area (Å²) in [5.74, 6) is 1.13. The van der Waals surface area contributed by atoms with Crippen LogP contribution in [-0.4, -0.2) is 20.0 Å². The van der Waals surface area contributed by atoms with Crippen molar-refractivity contribution in [2.75, 3.05) is 14.2 Å². The molecule has 0 spiro atoms. The van der Waals surface area contributed by atoms with E-state index in [0.717, 1.165) is 15.6 Å². The number of rotatable bonds is 4.